The van der Waals surface area contributed by atoms with Gasteiger partial charge < -0.3 is 24.5 Å². The van der Waals surface area contributed by atoms with Gasteiger partial charge in [-0.15, -0.1) is 0 Å². The zero-order valence-electron chi connectivity index (χ0n) is 22.6. The molecule has 1 saturated heterocycles. The van der Waals surface area contributed by atoms with Crippen LogP contribution in [0.25, 0.3) is 0 Å². The third-order valence-electron chi connectivity index (χ3n) is 6.41. The van der Waals surface area contributed by atoms with Gasteiger partial charge in [0, 0.05) is 24.6 Å². The highest BCUT2D eigenvalue weighted by Gasteiger charge is 2.55. The van der Waals surface area contributed by atoms with Gasteiger partial charge in [-0.25, -0.2) is 9.78 Å². The highest BCUT2D eigenvalue weighted by atomic mass is 16.7. The number of esters is 1. The van der Waals surface area contributed by atoms with Crippen LogP contribution in [0.3, 0.4) is 0 Å². The number of aliphatic carboxylic acids is 1. The number of benzene rings is 1. The van der Waals surface area contributed by atoms with E-state index in [9.17, 15) is 29.1 Å². The molecule has 0 unspecified atom stereocenters. The third kappa shape index (κ3) is 8.19. The van der Waals surface area contributed by atoms with Crippen LogP contribution in [0.5, 0.6) is 0 Å². The fourth-order valence-corrected chi connectivity index (χ4v) is 4.65. The molecule has 1 aromatic heterocycles. The second-order valence-electron chi connectivity index (χ2n) is 10.1. The molecule has 2 N–H and O–H groups in total. The second-order valence-corrected chi connectivity index (χ2v) is 10.1. The van der Waals surface area contributed by atoms with Crippen LogP contribution in [0.2, 0.25) is 5.82 Å². The van der Waals surface area contributed by atoms with Crippen LogP contribution in [0.1, 0.15) is 55.6 Å². The predicted molar refractivity (Wildman–Crippen MR) is 141 cm³/mol. The van der Waals surface area contributed by atoms with Gasteiger partial charge in [0.2, 0.25) is 0 Å². The quantitative estimate of drug-likeness (QED) is 0.275. The first-order chi connectivity index (χ1) is 19.0. The van der Waals surface area contributed by atoms with Crippen molar-refractivity contribution < 1.29 is 43.1 Å². The smallest absolute Gasteiger partial charge is 0.509 e. The van der Waals surface area contributed by atoms with E-state index in [1.54, 1.807) is 0 Å². The normalized spacial score (nSPS) is 18.4. The van der Waals surface area contributed by atoms with Gasteiger partial charge in [-0.3, -0.25) is 24.2 Å². The number of Topliss-reactive ketones (excluding diaryl/α,β-unsaturated/α-hetero) is 1. The number of carbonyl (C=O) groups is 5. The van der Waals surface area contributed by atoms with Crippen LogP contribution >= 0.6 is 0 Å². The number of carboxylic acid groups (broad SMARTS) is 1. The van der Waals surface area contributed by atoms with Crippen molar-refractivity contribution in [3.8, 4) is 0 Å². The molecule has 1 amide bonds. The molecule has 0 bridgehead atoms. The summed E-state index contributed by atoms with van der Waals surface area (Å²) in [6.45, 7) is 3.79. The highest BCUT2D eigenvalue weighted by Crippen LogP contribution is 2.36. The molecular formula is C27H32BN3O9. The molecule has 212 valence electrons. The van der Waals surface area contributed by atoms with E-state index < -0.39 is 61.2 Å². The summed E-state index contributed by atoms with van der Waals surface area (Å²) in [7, 11) is -0.327. The molecule has 0 spiro atoms. The maximum atomic E-state index is 13.7. The summed E-state index contributed by atoms with van der Waals surface area (Å²) in [6.07, 6.45) is 2.92. The summed E-state index contributed by atoms with van der Waals surface area (Å²) in [5.74, 6) is -4.94. The van der Waals surface area contributed by atoms with E-state index in [2.05, 4.69) is 15.3 Å². The Balaban J connectivity index is 1.89. The number of amides is 1. The third-order valence-corrected chi connectivity index (χ3v) is 6.41. The number of methoxy groups -OCH3 is 1. The molecule has 0 aliphatic carbocycles. The Kier molecular flexibility index (Phi) is 10.5. The fraction of sp³-hybridized carbons (Fsp3) is 0.444. The van der Waals surface area contributed by atoms with Crippen molar-refractivity contribution in [2.45, 2.75) is 63.4 Å². The number of rotatable bonds is 13. The summed E-state index contributed by atoms with van der Waals surface area (Å²) >= 11 is 0. The second kappa shape index (κ2) is 13.8. The molecule has 1 fully saturated rings. The lowest BCUT2D eigenvalue weighted by atomic mass is 9.63. The van der Waals surface area contributed by atoms with Crippen LogP contribution in [-0.4, -0.2) is 70.5 Å². The number of hydrogen-bond donors (Lipinski definition) is 2. The molecule has 0 saturated carbocycles. The van der Waals surface area contributed by atoms with Crippen molar-refractivity contribution in [3.05, 3.63) is 60.2 Å². The molecule has 0 radical (unpaired) electrons. The maximum absolute atomic E-state index is 13.7. The van der Waals surface area contributed by atoms with E-state index in [0.29, 0.717) is 6.42 Å². The minimum atomic E-state index is -2.09. The number of carboxylic acids is 1. The molecule has 40 heavy (non-hydrogen) atoms. The van der Waals surface area contributed by atoms with E-state index in [4.69, 9.17) is 14.0 Å². The van der Waals surface area contributed by atoms with Crippen molar-refractivity contribution in [2.24, 2.45) is 5.92 Å². The SMILES string of the molecule is COC(=O)[C@@]1(CC(=O)O)CC(=O)OB([C@@H](CC(=O)[C@H](Cc2ccccc2)NC(=O)c2cnccn2)CC(C)C)O1. The molecule has 2 aromatic rings. The van der Waals surface area contributed by atoms with Gasteiger partial charge in [0.1, 0.15) is 5.69 Å². The van der Waals surface area contributed by atoms with Crippen LogP contribution in [0.15, 0.2) is 48.9 Å². The molecule has 1 aliphatic rings. The first kappa shape index (κ1) is 30.4. The number of aromatic nitrogens is 2. The lowest BCUT2D eigenvalue weighted by molar-refractivity contribution is -0.177. The number of ketones is 1. The molecule has 13 heteroatoms. The number of ether oxygens (including phenoxy) is 1. The average Bonchev–Trinajstić information content (AvgIpc) is 2.91. The molecule has 12 nitrogen and oxygen atoms in total. The van der Waals surface area contributed by atoms with Gasteiger partial charge in [-0.05, 0) is 24.3 Å². The van der Waals surface area contributed by atoms with Crippen molar-refractivity contribution >= 4 is 36.7 Å². The van der Waals surface area contributed by atoms with Gasteiger partial charge in [-0.1, -0.05) is 44.2 Å². The summed E-state index contributed by atoms with van der Waals surface area (Å²) in [6, 6.07) is 8.12. The largest absolute Gasteiger partial charge is 0.531 e. The molecule has 3 rings (SSSR count). The Hall–Kier alpha value is -4.13. The van der Waals surface area contributed by atoms with Crippen LogP contribution < -0.4 is 5.32 Å². The van der Waals surface area contributed by atoms with Crippen molar-refractivity contribution in [1.29, 1.82) is 0 Å². The van der Waals surface area contributed by atoms with Gasteiger partial charge in [0.15, 0.2) is 11.4 Å². The van der Waals surface area contributed by atoms with Crippen molar-refractivity contribution in [3.63, 3.8) is 0 Å². The monoisotopic (exact) mass is 553 g/mol. The average molecular weight is 553 g/mol. The molecule has 3 atom stereocenters. The molecular weight excluding hydrogens is 521 g/mol. The Bertz CT molecular complexity index is 1210. The van der Waals surface area contributed by atoms with Crippen LogP contribution in [0.4, 0.5) is 0 Å². The summed E-state index contributed by atoms with van der Waals surface area (Å²) in [5, 5.41) is 12.2. The Morgan fingerprint density at radius 3 is 2.50 bits per heavy atom. The minimum Gasteiger partial charge on any atom is -0.509 e. The zero-order chi connectivity index (χ0) is 29.3. The molecule has 2 heterocycles. The van der Waals surface area contributed by atoms with E-state index in [1.807, 2.05) is 44.2 Å². The zero-order valence-corrected chi connectivity index (χ0v) is 22.6. The molecule has 1 aliphatic heterocycles. The Morgan fingerprint density at radius 1 is 1.18 bits per heavy atom. The highest BCUT2D eigenvalue weighted by molar-refractivity contribution is 6.50. The summed E-state index contributed by atoms with van der Waals surface area (Å²) < 4.78 is 16.0. The topological polar surface area (TPSA) is 171 Å². The lowest BCUT2D eigenvalue weighted by Gasteiger charge is -2.38. The molecule has 1 aromatic carbocycles. The van der Waals surface area contributed by atoms with Gasteiger partial charge in [-0.2, -0.15) is 0 Å². The van der Waals surface area contributed by atoms with Crippen LogP contribution in [-0.2, 0) is 39.6 Å². The van der Waals surface area contributed by atoms with Gasteiger partial charge in [0.05, 0.1) is 32.2 Å². The van der Waals surface area contributed by atoms with Crippen molar-refractivity contribution in [2.75, 3.05) is 7.11 Å². The van der Waals surface area contributed by atoms with E-state index in [1.165, 1.54) is 18.6 Å². The minimum absolute atomic E-state index is 0.00999. The van der Waals surface area contributed by atoms with E-state index in [0.717, 1.165) is 12.7 Å². The first-order valence-corrected chi connectivity index (χ1v) is 12.8. The number of nitrogens with one attached hydrogen (secondary N) is 1. The van der Waals surface area contributed by atoms with Gasteiger partial charge >= 0.3 is 19.1 Å². The standard InChI is InChI=1S/C27H32BN3O9/c1-17(2)11-19(28-39-24(35)15-27(40-28,14-23(33)34)26(37)38-3)13-22(32)20(12-18-7-5-4-6-8-18)31-25(36)21-16-29-9-10-30-21/h4-10,16-17,19-20H,11-15H2,1-3H3,(H,31,36)(H,33,34)/t19-,20+,27-/m1/s1. The summed E-state index contributed by atoms with van der Waals surface area (Å²) in [5.41, 5.74) is -1.26. The van der Waals surface area contributed by atoms with E-state index >= 15 is 0 Å². The first-order valence-electron chi connectivity index (χ1n) is 12.8. The van der Waals surface area contributed by atoms with Crippen molar-refractivity contribution in [1.82, 2.24) is 15.3 Å². The Labute approximate surface area is 232 Å². The summed E-state index contributed by atoms with van der Waals surface area (Å²) in [4.78, 5) is 71.3. The van der Waals surface area contributed by atoms with Gasteiger partial charge in [0.25, 0.3) is 11.9 Å². The number of nitrogens with zero attached hydrogens (tertiary/aromatic N) is 2. The lowest BCUT2D eigenvalue weighted by Crippen LogP contribution is -2.56. The number of carbonyl (C=O) groups excluding carboxylic acids is 4. The Morgan fingerprint density at radius 2 is 1.90 bits per heavy atom. The van der Waals surface area contributed by atoms with Crippen LogP contribution in [0, 0.1) is 5.92 Å². The maximum Gasteiger partial charge on any atom is 0.531 e. The fourth-order valence-electron chi connectivity index (χ4n) is 4.65. The number of hydrogen-bond acceptors (Lipinski definition) is 10. The van der Waals surface area contributed by atoms with E-state index in [-0.39, 0.29) is 30.2 Å². The predicted octanol–water partition coefficient (Wildman–Crippen LogP) is 2.03.